The Morgan fingerprint density at radius 1 is 0.857 bits per heavy atom. The van der Waals surface area contributed by atoms with Crippen molar-refractivity contribution in [3.8, 4) is 0 Å². The number of hydrogen-bond acceptors (Lipinski definition) is 4. The van der Waals surface area contributed by atoms with Crippen LogP contribution in [0.25, 0.3) is 11.0 Å². The first kappa shape index (κ1) is 18.0. The summed E-state index contributed by atoms with van der Waals surface area (Å²) in [5.74, 6) is -0.787. The van der Waals surface area contributed by atoms with E-state index in [0.29, 0.717) is 5.58 Å². The highest BCUT2D eigenvalue weighted by molar-refractivity contribution is 7.93. The smallest absolute Gasteiger partial charge is 0.308 e. The first-order valence-corrected chi connectivity index (χ1v) is 10.1. The molecule has 1 heterocycles. The maximum Gasteiger partial charge on any atom is 0.308 e. The van der Waals surface area contributed by atoms with Crippen molar-refractivity contribution in [1.29, 1.82) is 0 Å². The van der Waals surface area contributed by atoms with Gasteiger partial charge in [-0.25, -0.2) is 8.42 Å². The Morgan fingerprint density at radius 2 is 1.50 bits per heavy atom. The van der Waals surface area contributed by atoms with Gasteiger partial charge >= 0.3 is 5.91 Å². The topological polar surface area (TPSA) is 67.6 Å². The number of para-hydroxylation sites is 1. The number of aryl methyl sites for hydroxylation is 1. The first-order valence-electron chi connectivity index (χ1n) is 8.67. The number of fused-ring (bicyclic) bond motifs is 1. The van der Waals surface area contributed by atoms with E-state index in [4.69, 9.17) is 4.42 Å². The zero-order chi connectivity index (χ0) is 19.7. The van der Waals surface area contributed by atoms with Crippen molar-refractivity contribution in [2.75, 3.05) is 4.31 Å². The summed E-state index contributed by atoms with van der Waals surface area (Å²) in [5.41, 5.74) is 1.73. The molecule has 0 saturated heterocycles. The summed E-state index contributed by atoms with van der Waals surface area (Å²) in [5, 5.41) is 0.729. The van der Waals surface area contributed by atoms with Crippen molar-refractivity contribution >= 4 is 32.6 Å². The van der Waals surface area contributed by atoms with E-state index in [0.717, 1.165) is 15.3 Å². The minimum atomic E-state index is -4.13. The van der Waals surface area contributed by atoms with Crippen LogP contribution in [0, 0.1) is 6.92 Å². The molecular formula is C22H17NO4S. The molecule has 0 radical (unpaired) electrons. The molecule has 0 fully saturated rings. The van der Waals surface area contributed by atoms with E-state index in [1.54, 1.807) is 66.7 Å². The number of sulfonamides is 1. The van der Waals surface area contributed by atoms with Gasteiger partial charge in [0.05, 0.1) is 10.6 Å². The lowest BCUT2D eigenvalue weighted by molar-refractivity contribution is 0.0981. The molecule has 0 aliphatic rings. The van der Waals surface area contributed by atoms with Crippen LogP contribution in [0.4, 0.5) is 5.69 Å². The summed E-state index contributed by atoms with van der Waals surface area (Å²) < 4.78 is 33.0. The van der Waals surface area contributed by atoms with Crippen LogP contribution >= 0.6 is 0 Å². The highest BCUT2D eigenvalue weighted by Gasteiger charge is 2.33. The Bertz CT molecular complexity index is 1210. The molecule has 5 nitrogen and oxygen atoms in total. The number of carbonyl (C=O) groups is 1. The lowest BCUT2D eigenvalue weighted by Crippen LogP contribution is -2.36. The van der Waals surface area contributed by atoms with E-state index < -0.39 is 15.9 Å². The molecule has 6 heteroatoms. The van der Waals surface area contributed by atoms with Crippen LogP contribution in [0.15, 0.2) is 94.2 Å². The van der Waals surface area contributed by atoms with Crippen LogP contribution in [0.3, 0.4) is 0 Å². The molecule has 4 rings (SSSR count). The molecule has 3 aromatic carbocycles. The standard InChI is InChI=1S/C22H17NO4S/c1-16-11-13-18(14-12-16)23(28(25,26)19-8-3-2-4-9-19)22(24)21-15-17-7-5-6-10-20(17)27-21/h2-15H,1H3. The van der Waals surface area contributed by atoms with Gasteiger partial charge in [0, 0.05) is 5.39 Å². The minimum Gasteiger partial charge on any atom is -0.451 e. The van der Waals surface area contributed by atoms with Gasteiger partial charge in [-0.2, -0.15) is 4.31 Å². The molecule has 4 aromatic rings. The van der Waals surface area contributed by atoms with Crippen LogP contribution in [-0.4, -0.2) is 14.3 Å². The summed E-state index contributed by atoms with van der Waals surface area (Å²) in [6, 6.07) is 23.3. The number of hydrogen-bond donors (Lipinski definition) is 0. The summed E-state index contributed by atoms with van der Waals surface area (Å²) >= 11 is 0. The van der Waals surface area contributed by atoms with Gasteiger partial charge in [0.25, 0.3) is 10.0 Å². The van der Waals surface area contributed by atoms with Gasteiger partial charge in [0.2, 0.25) is 0 Å². The third kappa shape index (κ3) is 3.18. The predicted molar refractivity (Wildman–Crippen MR) is 108 cm³/mol. The van der Waals surface area contributed by atoms with Crippen LogP contribution in [-0.2, 0) is 10.0 Å². The van der Waals surface area contributed by atoms with Crippen molar-refractivity contribution in [2.24, 2.45) is 0 Å². The lowest BCUT2D eigenvalue weighted by atomic mass is 10.2. The van der Waals surface area contributed by atoms with Crippen LogP contribution in [0.2, 0.25) is 0 Å². The SMILES string of the molecule is Cc1ccc(N(C(=O)c2cc3ccccc3o2)S(=O)(=O)c2ccccc2)cc1. The Morgan fingerprint density at radius 3 is 2.18 bits per heavy atom. The number of carbonyl (C=O) groups excluding carboxylic acids is 1. The maximum atomic E-state index is 13.3. The molecule has 0 aliphatic carbocycles. The second-order valence-electron chi connectivity index (χ2n) is 6.37. The van der Waals surface area contributed by atoms with Crippen LogP contribution in [0.1, 0.15) is 16.1 Å². The van der Waals surface area contributed by atoms with Crippen molar-refractivity contribution in [3.63, 3.8) is 0 Å². The molecule has 0 aliphatic heterocycles. The zero-order valence-corrected chi connectivity index (χ0v) is 15.9. The Hall–Kier alpha value is -3.38. The van der Waals surface area contributed by atoms with Gasteiger partial charge in [-0.05, 0) is 43.3 Å². The van der Waals surface area contributed by atoms with Gasteiger partial charge in [-0.3, -0.25) is 4.79 Å². The zero-order valence-electron chi connectivity index (χ0n) is 15.1. The molecule has 1 amide bonds. The van der Waals surface area contributed by atoms with Crippen LogP contribution in [0.5, 0.6) is 0 Å². The third-order valence-corrected chi connectivity index (χ3v) is 6.10. The molecule has 0 saturated carbocycles. The molecule has 0 atom stereocenters. The summed E-state index contributed by atoms with van der Waals surface area (Å²) in [7, 11) is -4.13. The molecule has 0 N–H and O–H groups in total. The van der Waals surface area contributed by atoms with E-state index in [1.807, 2.05) is 13.0 Å². The summed E-state index contributed by atoms with van der Waals surface area (Å²) in [4.78, 5) is 13.3. The quantitative estimate of drug-likeness (QED) is 0.502. The molecule has 0 unspecified atom stereocenters. The molecule has 28 heavy (non-hydrogen) atoms. The Kier molecular flexibility index (Phi) is 4.49. The van der Waals surface area contributed by atoms with Gasteiger partial charge in [0.1, 0.15) is 5.58 Å². The average molecular weight is 391 g/mol. The van der Waals surface area contributed by atoms with Gasteiger partial charge in [0.15, 0.2) is 5.76 Å². The first-order chi connectivity index (χ1) is 13.5. The third-order valence-electron chi connectivity index (χ3n) is 4.37. The van der Waals surface area contributed by atoms with Gasteiger partial charge in [-0.1, -0.05) is 54.1 Å². The van der Waals surface area contributed by atoms with Crippen molar-refractivity contribution in [1.82, 2.24) is 0 Å². The second kappa shape index (κ2) is 6.98. The van der Waals surface area contributed by atoms with Gasteiger partial charge < -0.3 is 4.42 Å². The van der Waals surface area contributed by atoms with Crippen molar-refractivity contribution in [3.05, 3.63) is 96.3 Å². The van der Waals surface area contributed by atoms with E-state index in [9.17, 15) is 13.2 Å². The molecule has 1 aromatic heterocycles. The fourth-order valence-electron chi connectivity index (χ4n) is 2.93. The fourth-order valence-corrected chi connectivity index (χ4v) is 4.35. The van der Waals surface area contributed by atoms with E-state index >= 15 is 0 Å². The maximum absolute atomic E-state index is 13.3. The number of rotatable bonds is 4. The van der Waals surface area contributed by atoms with Crippen molar-refractivity contribution in [2.45, 2.75) is 11.8 Å². The minimum absolute atomic E-state index is 0.0278. The van der Waals surface area contributed by atoms with Crippen LogP contribution < -0.4 is 4.31 Å². The number of benzene rings is 3. The largest absolute Gasteiger partial charge is 0.451 e. The van der Waals surface area contributed by atoms with E-state index in [-0.39, 0.29) is 16.3 Å². The number of anilines is 1. The highest BCUT2D eigenvalue weighted by atomic mass is 32.2. The normalized spacial score (nSPS) is 11.5. The number of furan rings is 1. The highest BCUT2D eigenvalue weighted by Crippen LogP contribution is 2.28. The summed E-state index contributed by atoms with van der Waals surface area (Å²) in [6.07, 6.45) is 0. The van der Waals surface area contributed by atoms with E-state index in [2.05, 4.69) is 0 Å². The lowest BCUT2D eigenvalue weighted by Gasteiger charge is -2.21. The molecular weight excluding hydrogens is 374 g/mol. The monoisotopic (exact) mass is 391 g/mol. The second-order valence-corrected chi connectivity index (χ2v) is 8.16. The molecule has 140 valence electrons. The molecule has 0 bridgehead atoms. The Labute approximate surface area is 162 Å². The van der Waals surface area contributed by atoms with Crippen molar-refractivity contribution < 1.29 is 17.6 Å². The number of nitrogens with zero attached hydrogens (tertiary/aromatic N) is 1. The Balaban J connectivity index is 1.87. The van der Waals surface area contributed by atoms with Gasteiger partial charge in [-0.15, -0.1) is 0 Å². The fraction of sp³-hybridized carbons (Fsp3) is 0.0455. The predicted octanol–water partition coefficient (Wildman–Crippen LogP) is 4.78. The average Bonchev–Trinajstić information content (AvgIpc) is 3.14. The number of amides is 1. The van der Waals surface area contributed by atoms with E-state index in [1.165, 1.54) is 12.1 Å². The molecule has 0 spiro atoms. The summed E-state index contributed by atoms with van der Waals surface area (Å²) in [6.45, 7) is 1.89.